The van der Waals surface area contributed by atoms with Crippen LogP contribution in [-0.2, 0) is 17.8 Å². The van der Waals surface area contributed by atoms with Crippen molar-refractivity contribution in [1.29, 1.82) is 0 Å². The predicted molar refractivity (Wildman–Crippen MR) is 102 cm³/mol. The first kappa shape index (κ1) is 19.1. The zero-order chi connectivity index (χ0) is 19.8. The van der Waals surface area contributed by atoms with Crippen molar-refractivity contribution in [2.24, 2.45) is 0 Å². The normalized spacial score (nSPS) is 10.3. The smallest absolute Gasteiger partial charge is 0.291 e. The summed E-state index contributed by atoms with van der Waals surface area (Å²) in [6.07, 6.45) is 2.32. The molecular formula is C20H21N5O3. The topological polar surface area (TPSA) is 98.1 Å². The lowest BCUT2D eigenvalue weighted by atomic mass is 10.1. The fourth-order valence-corrected chi connectivity index (χ4v) is 2.56. The van der Waals surface area contributed by atoms with Crippen molar-refractivity contribution < 1.29 is 14.3 Å². The van der Waals surface area contributed by atoms with E-state index in [0.717, 1.165) is 17.5 Å². The maximum absolute atomic E-state index is 12.1. The first-order valence-corrected chi connectivity index (χ1v) is 8.89. The number of ether oxygens (including phenoxy) is 1. The Morgan fingerprint density at radius 2 is 1.79 bits per heavy atom. The molecule has 2 aromatic carbocycles. The van der Waals surface area contributed by atoms with E-state index in [0.29, 0.717) is 12.3 Å². The molecule has 0 spiro atoms. The third-order valence-corrected chi connectivity index (χ3v) is 3.99. The van der Waals surface area contributed by atoms with E-state index in [2.05, 4.69) is 21.2 Å². The van der Waals surface area contributed by atoms with Gasteiger partial charge in [-0.05, 0) is 23.6 Å². The highest BCUT2D eigenvalue weighted by Crippen LogP contribution is 2.17. The number of rotatable bonds is 7. The summed E-state index contributed by atoms with van der Waals surface area (Å²) in [6.45, 7) is 2.30. The summed E-state index contributed by atoms with van der Waals surface area (Å²) >= 11 is 0. The summed E-state index contributed by atoms with van der Waals surface area (Å²) in [6, 6.07) is 17.2. The Balaban J connectivity index is 1.46. The van der Waals surface area contributed by atoms with Crippen LogP contribution in [0.1, 0.15) is 28.5 Å². The van der Waals surface area contributed by atoms with Gasteiger partial charge in [-0.3, -0.25) is 20.4 Å². The Morgan fingerprint density at radius 1 is 1.04 bits per heavy atom. The highest BCUT2D eigenvalue weighted by atomic mass is 16.5. The largest absolute Gasteiger partial charge is 0.483 e. The van der Waals surface area contributed by atoms with Crippen molar-refractivity contribution in [3.63, 3.8) is 0 Å². The second-order valence-corrected chi connectivity index (χ2v) is 6.04. The monoisotopic (exact) mass is 379 g/mol. The van der Waals surface area contributed by atoms with Gasteiger partial charge in [0.15, 0.2) is 12.3 Å². The lowest BCUT2D eigenvalue weighted by molar-refractivity contribution is -0.123. The van der Waals surface area contributed by atoms with Crippen LogP contribution in [0.5, 0.6) is 5.75 Å². The molecule has 0 aliphatic rings. The summed E-state index contributed by atoms with van der Waals surface area (Å²) in [5.74, 6) is -0.382. The van der Waals surface area contributed by atoms with Gasteiger partial charge in [0.25, 0.3) is 11.8 Å². The van der Waals surface area contributed by atoms with Gasteiger partial charge in [0, 0.05) is 0 Å². The fraction of sp³-hybridized carbons (Fsp3) is 0.200. The summed E-state index contributed by atoms with van der Waals surface area (Å²) in [5.41, 5.74) is 6.77. The molecule has 2 amide bonds. The van der Waals surface area contributed by atoms with E-state index in [9.17, 15) is 9.59 Å². The number of aromatic nitrogens is 3. The third kappa shape index (κ3) is 5.16. The number of amides is 2. The van der Waals surface area contributed by atoms with E-state index in [4.69, 9.17) is 4.74 Å². The quantitative estimate of drug-likeness (QED) is 0.609. The van der Waals surface area contributed by atoms with Crippen molar-refractivity contribution in [2.75, 3.05) is 6.61 Å². The number of carbonyl (C=O) groups excluding carboxylic acids is 2. The van der Waals surface area contributed by atoms with Crippen molar-refractivity contribution in [1.82, 2.24) is 25.8 Å². The molecule has 0 saturated heterocycles. The summed E-state index contributed by atoms with van der Waals surface area (Å²) < 4.78 is 7.06. The van der Waals surface area contributed by atoms with Crippen molar-refractivity contribution in [3.05, 3.63) is 77.6 Å². The van der Waals surface area contributed by atoms with Gasteiger partial charge in [-0.2, -0.15) is 0 Å². The predicted octanol–water partition coefficient (Wildman–Crippen LogP) is 1.73. The van der Waals surface area contributed by atoms with Crippen molar-refractivity contribution >= 4 is 11.8 Å². The number of nitrogens with zero attached hydrogens (tertiary/aromatic N) is 3. The van der Waals surface area contributed by atoms with Gasteiger partial charge in [-0.1, -0.05) is 60.7 Å². The molecule has 144 valence electrons. The lowest BCUT2D eigenvalue weighted by Crippen LogP contribution is -2.44. The number of benzene rings is 2. The minimum Gasteiger partial charge on any atom is -0.483 e. The summed E-state index contributed by atoms with van der Waals surface area (Å²) in [5, 5.41) is 7.75. The van der Waals surface area contributed by atoms with E-state index in [1.807, 2.05) is 55.5 Å². The average molecular weight is 379 g/mol. The molecule has 1 aromatic heterocycles. The van der Waals surface area contributed by atoms with Gasteiger partial charge < -0.3 is 4.74 Å². The molecule has 0 saturated carbocycles. The zero-order valence-corrected chi connectivity index (χ0v) is 15.5. The summed E-state index contributed by atoms with van der Waals surface area (Å²) in [4.78, 5) is 24.0. The van der Waals surface area contributed by atoms with E-state index < -0.39 is 11.8 Å². The average Bonchev–Trinajstić information content (AvgIpc) is 3.20. The zero-order valence-electron chi connectivity index (χ0n) is 15.5. The summed E-state index contributed by atoms with van der Waals surface area (Å²) in [7, 11) is 0. The van der Waals surface area contributed by atoms with Gasteiger partial charge >= 0.3 is 0 Å². The number of hydrazine groups is 1. The molecule has 0 atom stereocenters. The van der Waals surface area contributed by atoms with E-state index >= 15 is 0 Å². The SMILES string of the molecule is CCc1ccccc1OCC(=O)NNC(=O)c1cn(Cc2ccccc2)nn1. The highest BCUT2D eigenvalue weighted by Gasteiger charge is 2.12. The Morgan fingerprint density at radius 3 is 2.57 bits per heavy atom. The van der Waals surface area contributed by atoms with E-state index in [1.165, 1.54) is 6.20 Å². The molecule has 1 heterocycles. The van der Waals surface area contributed by atoms with E-state index in [-0.39, 0.29) is 12.3 Å². The second-order valence-electron chi connectivity index (χ2n) is 6.04. The lowest BCUT2D eigenvalue weighted by Gasteiger charge is -2.10. The van der Waals surface area contributed by atoms with Gasteiger partial charge in [0.2, 0.25) is 0 Å². The third-order valence-electron chi connectivity index (χ3n) is 3.99. The fourth-order valence-electron chi connectivity index (χ4n) is 2.56. The molecule has 8 heteroatoms. The Labute approximate surface area is 162 Å². The maximum Gasteiger partial charge on any atom is 0.291 e. The van der Waals surface area contributed by atoms with Crippen LogP contribution in [0.3, 0.4) is 0 Å². The molecule has 2 N–H and O–H groups in total. The molecule has 0 aliphatic carbocycles. The molecule has 3 rings (SSSR count). The molecular weight excluding hydrogens is 358 g/mol. The molecule has 0 unspecified atom stereocenters. The van der Waals surface area contributed by atoms with Crippen LogP contribution in [-0.4, -0.2) is 33.4 Å². The molecule has 28 heavy (non-hydrogen) atoms. The Kier molecular flexibility index (Phi) is 6.35. The first-order valence-electron chi connectivity index (χ1n) is 8.89. The molecule has 8 nitrogen and oxygen atoms in total. The number of carbonyl (C=O) groups is 2. The van der Waals surface area contributed by atoms with Crippen LogP contribution in [0.2, 0.25) is 0 Å². The van der Waals surface area contributed by atoms with Gasteiger partial charge in [0.05, 0.1) is 12.7 Å². The standard InChI is InChI=1S/C20H21N5O3/c1-2-16-10-6-7-11-18(16)28-14-19(26)22-23-20(27)17-13-25(24-21-17)12-15-8-4-3-5-9-15/h3-11,13H,2,12,14H2,1H3,(H,22,26)(H,23,27). The molecule has 0 aliphatic heterocycles. The molecule has 0 radical (unpaired) electrons. The van der Waals surface area contributed by atoms with Crippen molar-refractivity contribution in [3.8, 4) is 5.75 Å². The molecule has 3 aromatic rings. The molecule has 0 fully saturated rings. The van der Waals surface area contributed by atoms with Crippen LogP contribution >= 0.6 is 0 Å². The molecule has 0 bridgehead atoms. The minimum atomic E-state index is -0.554. The van der Waals surface area contributed by atoms with Crippen LogP contribution in [0, 0.1) is 0 Å². The second kappa shape index (κ2) is 9.31. The van der Waals surface area contributed by atoms with Crippen LogP contribution in [0.25, 0.3) is 0 Å². The number of aryl methyl sites for hydroxylation is 1. The Hall–Kier alpha value is -3.68. The number of hydrogen-bond donors (Lipinski definition) is 2. The van der Waals surface area contributed by atoms with Gasteiger partial charge in [-0.15, -0.1) is 5.10 Å². The highest BCUT2D eigenvalue weighted by molar-refractivity contribution is 5.93. The maximum atomic E-state index is 12.1. The van der Waals surface area contributed by atoms with Gasteiger partial charge in [-0.25, -0.2) is 4.68 Å². The van der Waals surface area contributed by atoms with Gasteiger partial charge in [0.1, 0.15) is 5.75 Å². The first-order chi connectivity index (χ1) is 13.7. The van der Waals surface area contributed by atoms with Crippen LogP contribution in [0.15, 0.2) is 60.8 Å². The number of nitrogens with one attached hydrogen (secondary N) is 2. The number of hydrogen-bond acceptors (Lipinski definition) is 5. The van der Waals surface area contributed by atoms with Crippen LogP contribution in [0.4, 0.5) is 0 Å². The van der Waals surface area contributed by atoms with E-state index in [1.54, 1.807) is 10.7 Å². The Bertz CT molecular complexity index is 940. The minimum absolute atomic E-state index is 0.105. The van der Waals surface area contributed by atoms with Crippen molar-refractivity contribution in [2.45, 2.75) is 19.9 Å². The number of para-hydroxylation sites is 1. The van der Waals surface area contributed by atoms with Crippen LogP contribution < -0.4 is 15.6 Å².